The molecule has 0 bridgehead atoms. The Kier molecular flexibility index (Phi) is 6.94. The van der Waals surface area contributed by atoms with Gasteiger partial charge in [0, 0.05) is 25.8 Å². The highest BCUT2D eigenvalue weighted by atomic mass is 16.5. The van der Waals surface area contributed by atoms with Crippen molar-refractivity contribution in [2.45, 2.75) is 32.1 Å². The third-order valence-corrected chi connectivity index (χ3v) is 4.05. The van der Waals surface area contributed by atoms with E-state index in [0.29, 0.717) is 24.4 Å². The summed E-state index contributed by atoms with van der Waals surface area (Å²) in [7, 11) is 1.61. The molecule has 1 aliphatic rings. The van der Waals surface area contributed by atoms with E-state index in [-0.39, 0.29) is 5.91 Å². The third-order valence-electron chi connectivity index (χ3n) is 4.05. The topological polar surface area (TPSA) is 76.4 Å². The minimum Gasteiger partial charge on any atom is -0.397 e. The number of nitrogens with one attached hydrogen (secondary N) is 2. The van der Waals surface area contributed by atoms with Crippen LogP contribution in [-0.4, -0.2) is 32.7 Å². The predicted octanol–water partition coefficient (Wildman–Crippen LogP) is 2.95. The first-order valence-corrected chi connectivity index (χ1v) is 8.29. The Morgan fingerprint density at radius 1 is 1.30 bits per heavy atom. The molecule has 4 N–H and O–H groups in total. The number of hydrogen-bond acceptors (Lipinski definition) is 4. The van der Waals surface area contributed by atoms with Crippen molar-refractivity contribution in [2.75, 3.05) is 37.9 Å². The second-order valence-electron chi connectivity index (χ2n) is 5.84. The van der Waals surface area contributed by atoms with Gasteiger partial charge in [-0.1, -0.05) is 11.6 Å². The molecule has 5 heteroatoms. The Morgan fingerprint density at radius 3 is 2.87 bits per heavy atom. The van der Waals surface area contributed by atoms with E-state index >= 15 is 0 Å². The average molecular weight is 317 g/mol. The fraction of sp³-hybridized carbons (Fsp3) is 0.500. The molecule has 126 valence electrons. The first kappa shape index (κ1) is 17.3. The molecule has 0 atom stereocenters. The van der Waals surface area contributed by atoms with Crippen LogP contribution < -0.4 is 16.4 Å². The van der Waals surface area contributed by atoms with Crippen molar-refractivity contribution >= 4 is 17.3 Å². The number of ether oxygens (including phenoxy) is 1. The van der Waals surface area contributed by atoms with Crippen molar-refractivity contribution in [1.29, 1.82) is 0 Å². The summed E-state index contributed by atoms with van der Waals surface area (Å²) >= 11 is 0. The second-order valence-corrected chi connectivity index (χ2v) is 5.84. The fourth-order valence-corrected chi connectivity index (χ4v) is 2.72. The van der Waals surface area contributed by atoms with Crippen LogP contribution in [0.15, 0.2) is 29.8 Å². The van der Waals surface area contributed by atoms with Gasteiger partial charge < -0.3 is 21.1 Å². The van der Waals surface area contributed by atoms with Crippen LogP contribution >= 0.6 is 0 Å². The van der Waals surface area contributed by atoms with Crippen LogP contribution in [0.25, 0.3) is 0 Å². The van der Waals surface area contributed by atoms with E-state index < -0.39 is 0 Å². The molecule has 0 aromatic heterocycles. The maximum atomic E-state index is 12.0. The zero-order valence-corrected chi connectivity index (χ0v) is 13.9. The van der Waals surface area contributed by atoms with Crippen molar-refractivity contribution in [2.24, 2.45) is 0 Å². The molecule has 0 saturated carbocycles. The van der Waals surface area contributed by atoms with Gasteiger partial charge in [0.25, 0.3) is 5.91 Å². The number of anilines is 2. The quantitative estimate of drug-likeness (QED) is 0.391. The lowest BCUT2D eigenvalue weighted by molar-refractivity contribution is 0.0937. The minimum absolute atomic E-state index is 0.132. The van der Waals surface area contributed by atoms with Gasteiger partial charge >= 0.3 is 0 Å². The molecule has 0 radical (unpaired) electrons. The van der Waals surface area contributed by atoms with Crippen LogP contribution in [-0.2, 0) is 4.74 Å². The van der Waals surface area contributed by atoms with Crippen LogP contribution in [0.1, 0.15) is 42.5 Å². The third kappa shape index (κ3) is 5.60. The number of hydrogen-bond donors (Lipinski definition) is 3. The zero-order valence-electron chi connectivity index (χ0n) is 13.9. The summed E-state index contributed by atoms with van der Waals surface area (Å²) in [4.78, 5) is 12.0. The standard InChI is InChI=1S/C18H27N3O2/c1-23-12-11-21-18(22)15-7-8-17(16(19)13-15)20-10-9-14-5-3-2-4-6-14/h5,7-8,13,20H,2-4,6,9-12,19H2,1H3,(H,21,22). The SMILES string of the molecule is COCCNC(=O)c1ccc(NCCC2=CCCCC2)c(N)c1. The molecule has 2 rings (SSSR count). The summed E-state index contributed by atoms with van der Waals surface area (Å²) in [6, 6.07) is 5.38. The number of carbonyl (C=O) groups excluding carboxylic acids is 1. The highest BCUT2D eigenvalue weighted by molar-refractivity contribution is 5.96. The lowest BCUT2D eigenvalue weighted by Gasteiger charge is -2.15. The van der Waals surface area contributed by atoms with Crippen LogP contribution in [0.2, 0.25) is 0 Å². The van der Waals surface area contributed by atoms with Crippen molar-refractivity contribution in [3.8, 4) is 0 Å². The number of methoxy groups -OCH3 is 1. The van der Waals surface area contributed by atoms with Gasteiger partial charge in [0.1, 0.15) is 0 Å². The van der Waals surface area contributed by atoms with Gasteiger partial charge in [-0.15, -0.1) is 0 Å². The molecule has 5 nitrogen and oxygen atoms in total. The Labute approximate surface area is 138 Å². The molecule has 0 heterocycles. The van der Waals surface area contributed by atoms with Crippen LogP contribution in [0.5, 0.6) is 0 Å². The van der Waals surface area contributed by atoms with Crippen molar-refractivity contribution in [1.82, 2.24) is 5.32 Å². The molecule has 1 aromatic rings. The predicted molar refractivity (Wildman–Crippen MR) is 94.7 cm³/mol. The number of allylic oxidation sites excluding steroid dienone is 1. The summed E-state index contributed by atoms with van der Waals surface area (Å²) < 4.78 is 4.91. The van der Waals surface area contributed by atoms with Crippen LogP contribution in [0, 0.1) is 0 Å². The number of nitrogen functional groups attached to an aromatic ring is 1. The molecule has 23 heavy (non-hydrogen) atoms. The highest BCUT2D eigenvalue weighted by Gasteiger charge is 2.08. The Hall–Kier alpha value is -2.01. The van der Waals surface area contributed by atoms with Gasteiger partial charge in [-0.25, -0.2) is 0 Å². The largest absolute Gasteiger partial charge is 0.397 e. The first-order chi connectivity index (χ1) is 11.2. The summed E-state index contributed by atoms with van der Waals surface area (Å²) in [5.74, 6) is -0.132. The van der Waals surface area contributed by atoms with E-state index in [0.717, 1.165) is 18.7 Å². The van der Waals surface area contributed by atoms with E-state index in [2.05, 4.69) is 16.7 Å². The van der Waals surface area contributed by atoms with Gasteiger partial charge in [-0.05, 0) is 50.3 Å². The Morgan fingerprint density at radius 2 is 2.17 bits per heavy atom. The molecule has 1 aliphatic carbocycles. The van der Waals surface area contributed by atoms with E-state index in [4.69, 9.17) is 10.5 Å². The van der Waals surface area contributed by atoms with Gasteiger partial charge in [0.15, 0.2) is 0 Å². The number of amides is 1. The summed E-state index contributed by atoms with van der Waals surface area (Å²) in [5.41, 5.74) is 9.64. The van der Waals surface area contributed by atoms with E-state index in [1.54, 1.807) is 19.2 Å². The van der Waals surface area contributed by atoms with Crippen molar-refractivity contribution in [3.05, 3.63) is 35.4 Å². The highest BCUT2D eigenvalue weighted by Crippen LogP contribution is 2.22. The monoisotopic (exact) mass is 317 g/mol. The molecular weight excluding hydrogens is 290 g/mol. The second kappa shape index (κ2) is 9.20. The number of rotatable bonds is 8. The molecule has 0 unspecified atom stereocenters. The van der Waals surface area contributed by atoms with Gasteiger partial charge in [-0.3, -0.25) is 4.79 Å². The van der Waals surface area contributed by atoms with Crippen LogP contribution in [0.3, 0.4) is 0 Å². The fourth-order valence-electron chi connectivity index (χ4n) is 2.72. The number of benzene rings is 1. The van der Waals surface area contributed by atoms with Gasteiger partial charge in [0.05, 0.1) is 18.0 Å². The summed E-state index contributed by atoms with van der Waals surface area (Å²) in [5, 5.41) is 6.15. The van der Waals surface area contributed by atoms with E-state index in [1.165, 1.54) is 31.3 Å². The van der Waals surface area contributed by atoms with Crippen molar-refractivity contribution in [3.63, 3.8) is 0 Å². The average Bonchev–Trinajstić information content (AvgIpc) is 2.57. The smallest absolute Gasteiger partial charge is 0.251 e. The zero-order chi connectivity index (χ0) is 16.5. The lowest BCUT2D eigenvalue weighted by Crippen LogP contribution is -2.27. The molecule has 1 aromatic carbocycles. The Bertz CT molecular complexity index is 555. The van der Waals surface area contributed by atoms with E-state index in [1.807, 2.05) is 6.07 Å². The van der Waals surface area contributed by atoms with Gasteiger partial charge in [0.2, 0.25) is 0 Å². The maximum Gasteiger partial charge on any atom is 0.251 e. The normalized spacial score (nSPS) is 14.2. The summed E-state index contributed by atoms with van der Waals surface area (Å²) in [6.45, 7) is 1.86. The lowest BCUT2D eigenvalue weighted by atomic mass is 9.97. The molecule has 0 spiro atoms. The van der Waals surface area contributed by atoms with E-state index in [9.17, 15) is 4.79 Å². The van der Waals surface area contributed by atoms with Crippen LogP contribution in [0.4, 0.5) is 11.4 Å². The van der Waals surface area contributed by atoms with Crippen molar-refractivity contribution < 1.29 is 9.53 Å². The molecule has 0 fully saturated rings. The molecule has 0 aliphatic heterocycles. The first-order valence-electron chi connectivity index (χ1n) is 8.29. The maximum absolute atomic E-state index is 12.0. The van der Waals surface area contributed by atoms with Gasteiger partial charge in [-0.2, -0.15) is 0 Å². The molecule has 0 saturated heterocycles. The Balaban J connectivity index is 1.83. The number of nitrogens with two attached hydrogens (primary N) is 1. The summed E-state index contributed by atoms with van der Waals surface area (Å²) in [6.07, 6.45) is 8.47. The molecular formula is C18H27N3O2. The minimum atomic E-state index is -0.132. The number of carbonyl (C=O) groups is 1. The molecule has 1 amide bonds.